The Morgan fingerprint density at radius 2 is 1.27 bits per heavy atom. The number of nitrogens with one attached hydrogen (secondary N) is 1. The van der Waals surface area contributed by atoms with Crippen LogP contribution in [0.1, 0.15) is 115 Å². The molecule has 452 valence electrons. The Balaban J connectivity index is 1.37. The maximum Gasteiger partial charge on any atom is 0.311 e. The van der Waals surface area contributed by atoms with E-state index in [1.807, 2.05) is 62.4 Å². The van der Waals surface area contributed by atoms with E-state index < -0.39 is 165 Å². The maximum absolute atomic E-state index is 13.9. The fourth-order valence-corrected chi connectivity index (χ4v) is 11.0. The van der Waals surface area contributed by atoms with E-state index in [2.05, 4.69) is 5.32 Å². The lowest BCUT2D eigenvalue weighted by molar-refractivity contribution is -0.310. The number of hydrogen-bond donors (Lipinski definition) is 12. The number of imide groups is 1. The fraction of sp³-hybridized carbons (Fsp3) is 0.633. The molecule has 2 bridgehead atoms. The fourth-order valence-electron chi connectivity index (χ4n) is 11.0. The lowest BCUT2D eigenvalue weighted by atomic mass is 9.82. The number of carbonyl (C=O) groups excluding carboxylic acids is 3. The highest BCUT2D eigenvalue weighted by Gasteiger charge is 2.52. The van der Waals surface area contributed by atoms with Gasteiger partial charge in [-0.3, -0.25) is 24.5 Å². The number of ether oxygens (including phenoxy) is 4. The highest BCUT2D eigenvalue weighted by molar-refractivity contribution is 6.23. The lowest BCUT2D eigenvalue weighted by Gasteiger charge is -2.46. The number of aliphatic hydroxyl groups excluding tert-OH is 9. The minimum Gasteiger partial charge on any atom is -0.481 e. The predicted molar refractivity (Wildman–Crippen MR) is 298 cm³/mol. The molecule has 1 unspecified atom stereocenters. The van der Waals surface area contributed by atoms with Gasteiger partial charge in [0.2, 0.25) is 5.91 Å². The third-order valence-corrected chi connectivity index (χ3v) is 15.6. The van der Waals surface area contributed by atoms with Gasteiger partial charge in [0, 0.05) is 31.1 Å². The van der Waals surface area contributed by atoms with E-state index >= 15 is 0 Å². The summed E-state index contributed by atoms with van der Waals surface area (Å²) in [5.41, 5.74) is 2.81. The van der Waals surface area contributed by atoms with Gasteiger partial charge >= 0.3 is 11.9 Å². The zero-order valence-corrected chi connectivity index (χ0v) is 47.5. The molecule has 81 heavy (non-hydrogen) atoms. The number of aryl methyl sites for hydroxylation is 3. The number of benzene rings is 1. The van der Waals surface area contributed by atoms with E-state index in [0.29, 0.717) is 16.8 Å². The second kappa shape index (κ2) is 31.2. The Morgan fingerprint density at radius 1 is 0.679 bits per heavy atom. The van der Waals surface area contributed by atoms with E-state index in [9.17, 15) is 75.3 Å². The first-order chi connectivity index (χ1) is 38.2. The number of cyclic esters (lactones) is 1. The van der Waals surface area contributed by atoms with Crippen molar-refractivity contribution in [2.24, 2.45) is 17.8 Å². The number of amides is 2. The number of nitrogens with zero attached hydrogens (tertiary/aromatic N) is 1. The van der Waals surface area contributed by atoms with Gasteiger partial charge in [0.25, 0.3) is 5.91 Å². The first kappa shape index (κ1) is 67.0. The van der Waals surface area contributed by atoms with Crippen LogP contribution in [0.5, 0.6) is 0 Å². The van der Waals surface area contributed by atoms with Crippen molar-refractivity contribution in [1.29, 1.82) is 0 Å². The van der Waals surface area contributed by atoms with Gasteiger partial charge in [0.1, 0.15) is 18.1 Å². The smallest absolute Gasteiger partial charge is 0.311 e. The molecule has 4 aliphatic rings. The van der Waals surface area contributed by atoms with Crippen molar-refractivity contribution in [1.82, 2.24) is 5.32 Å². The molecule has 1 aromatic carbocycles. The molecule has 3 fully saturated rings. The molecule has 3 saturated heterocycles. The molecular weight excluding hydrogens is 1050 g/mol. The molecule has 5 rings (SSSR count). The van der Waals surface area contributed by atoms with Gasteiger partial charge in [-0.15, -0.1) is 0 Å². The monoisotopic (exact) mass is 1140 g/mol. The number of hydrogen-bond acceptors (Lipinski definition) is 19. The summed E-state index contributed by atoms with van der Waals surface area (Å²) in [7, 11) is 0. The van der Waals surface area contributed by atoms with Gasteiger partial charge < -0.3 is 75.1 Å². The Kier molecular flexibility index (Phi) is 25.8. The van der Waals surface area contributed by atoms with E-state index in [4.69, 9.17) is 18.9 Å². The largest absolute Gasteiger partial charge is 0.481 e. The summed E-state index contributed by atoms with van der Waals surface area (Å²) >= 11 is 0. The van der Waals surface area contributed by atoms with Crippen LogP contribution in [0.3, 0.4) is 0 Å². The van der Waals surface area contributed by atoms with Crippen molar-refractivity contribution in [2.45, 2.75) is 223 Å². The number of esters is 1. The van der Waals surface area contributed by atoms with Gasteiger partial charge in [0.15, 0.2) is 12.1 Å². The van der Waals surface area contributed by atoms with Crippen LogP contribution in [0.2, 0.25) is 0 Å². The molecule has 21 heteroatoms. The quantitative estimate of drug-likeness (QED) is 0.144. The Labute approximate surface area is 474 Å². The van der Waals surface area contributed by atoms with E-state index in [1.165, 1.54) is 13.0 Å². The standard InChI is InChI=1S/C60H88N2O19/c1-33-24-35(3)53(36(4)25-33)62-49(69)30-44(57(62)74)61-52-55(72)39(7)79-59(56(52)73)80-43-21-19-17-15-13-11-9-8-10-12-14-16-18-20-34(2)54(71)37(5)38(6)78-50(70)28-42(65)27-41(64)26-40(63)22-23-45(66)46(67)31-60(77)32-47(68)51(58(75)76)48(29-43)81-60/h8-9,11,13-21,24-25,34,37-48,51-52,54-56,59,61,63-68,71-73,77H,10,12,22-23,26-32H2,1-7H3,(H,75,76)/b9-8+,13-11+,16-14+,17-15+,20-18+,21-19+/t34-,37-,38-,39+,40+,41+,42+,43-,44?,45+,46+,47-,48-,51+,52-,54+,55+,56-,59+,60+/m0/s1. The van der Waals surface area contributed by atoms with Gasteiger partial charge in [-0.1, -0.05) is 104 Å². The van der Waals surface area contributed by atoms with Crippen molar-refractivity contribution < 1.29 is 94.3 Å². The van der Waals surface area contributed by atoms with Crippen molar-refractivity contribution in [3.63, 3.8) is 0 Å². The number of carboxylic acids is 1. The van der Waals surface area contributed by atoms with Crippen molar-refractivity contribution in [2.75, 3.05) is 4.90 Å². The number of aliphatic carboxylic acids is 1. The number of carboxylic acid groups (broad SMARTS) is 1. The zero-order chi connectivity index (χ0) is 59.9. The van der Waals surface area contributed by atoms with Crippen LogP contribution in [-0.2, 0) is 38.1 Å². The predicted octanol–water partition coefficient (Wildman–Crippen LogP) is 2.82. The summed E-state index contributed by atoms with van der Waals surface area (Å²) in [5, 5.41) is 125. The SMILES string of the molecule is Cc1cc(C)c(N2C(=O)CC(N[C@@H]3[C@H](O)[C@@H](O[C@H]4/C=C/C=C/C=C/C=C/CC/C=C/C=C/[C@H](C)[C@@H](O)[C@@H](C)[C@H](C)OC(=O)C[C@H](O)C[C@H](O)C[C@H](O)CC[C@@H](O)[C@H](O)C[C@]5(O)C[C@H](O)[C@@H](C(=O)O)[C@H](C4)O5)O[C@H](C)[C@H]3O)C2=O)c(C)c1. The molecule has 0 radical (unpaired) electrons. The minimum absolute atomic E-state index is 0.172. The van der Waals surface area contributed by atoms with E-state index in [0.717, 1.165) is 23.3 Å². The average molecular weight is 1140 g/mol. The summed E-state index contributed by atoms with van der Waals surface area (Å²) in [6.07, 6.45) is 0.0153. The first-order valence-corrected chi connectivity index (χ1v) is 28.2. The molecular formula is C60H88N2O19. The Hall–Kier alpha value is -4.82. The number of rotatable bonds is 6. The molecule has 21 nitrogen and oxygen atoms in total. The van der Waals surface area contributed by atoms with Crippen molar-refractivity contribution in [3.8, 4) is 0 Å². The Bertz CT molecular complexity index is 2400. The summed E-state index contributed by atoms with van der Waals surface area (Å²) in [6, 6.07) is 1.25. The second-order valence-corrected chi connectivity index (χ2v) is 22.5. The summed E-state index contributed by atoms with van der Waals surface area (Å²) < 4.78 is 23.9. The summed E-state index contributed by atoms with van der Waals surface area (Å²) in [6.45, 7) is 12.2. The van der Waals surface area contributed by atoms with Crippen LogP contribution < -0.4 is 10.2 Å². The van der Waals surface area contributed by atoms with Gasteiger partial charge in [-0.25, -0.2) is 4.90 Å². The number of aliphatic hydroxyl groups is 10. The number of allylic oxidation sites excluding steroid dienone is 10. The zero-order valence-electron chi connectivity index (χ0n) is 47.5. The van der Waals surface area contributed by atoms with Crippen LogP contribution in [0.4, 0.5) is 5.69 Å². The second-order valence-electron chi connectivity index (χ2n) is 22.5. The molecule has 2 amide bonds. The molecule has 4 aliphatic heterocycles. The molecule has 0 saturated carbocycles. The van der Waals surface area contributed by atoms with Crippen molar-refractivity contribution in [3.05, 3.63) is 102 Å². The average Bonchev–Trinajstić information content (AvgIpc) is 3.70. The third-order valence-electron chi connectivity index (χ3n) is 15.6. The molecule has 12 N–H and O–H groups in total. The van der Waals surface area contributed by atoms with Gasteiger partial charge in [-0.05, 0) is 84.3 Å². The summed E-state index contributed by atoms with van der Waals surface area (Å²) in [4.78, 5) is 54.0. The van der Waals surface area contributed by atoms with Gasteiger partial charge in [-0.2, -0.15) is 0 Å². The van der Waals surface area contributed by atoms with Crippen LogP contribution in [0.15, 0.2) is 85.0 Å². The highest BCUT2D eigenvalue weighted by Crippen LogP contribution is 2.39. The van der Waals surface area contributed by atoms with Gasteiger partial charge in [0.05, 0.1) is 97.8 Å². The first-order valence-electron chi connectivity index (χ1n) is 28.2. The number of carbonyl (C=O) groups is 4. The van der Waals surface area contributed by atoms with Crippen LogP contribution in [0.25, 0.3) is 0 Å². The molecule has 0 aliphatic carbocycles. The molecule has 0 spiro atoms. The number of fused-ring (bicyclic) bond motifs is 2. The molecule has 1 aromatic rings. The lowest BCUT2D eigenvalue weighted by Crippen LogP contribution is -2.65. The van der Waals surface area contributed by atoms with E-state index in [1.54, 1.807) is 58.1 Å². The molecule has 4 heterocycles. The minimum atomic E-state index is -2.44. The third kappa shape index (κ3) is 19.4. The Morgan fingerprint density at radius 3 is 1.93 bits per heavy atom. The van der Waals surface area contributed by atoms with Crippen LogP contribution in [-0.4, -0.2) is 183 Å². The maximum atomic E-state index is 13.9. The topological polar surface area (TPSA) is 343 Å². The van der Waals surface area contributed by atoms with E-state index in [-0.39, 0.29) is 38.0 Å². The van der Waals surface area contributed by atoms with Crippen molar-refractivity contribution >= 4 is 29.4 Å². The van der Waals surface area contributed by atoms with Crippen LogP contribution in [0, 0.1) is 38.5 Å². The molecule has 0 aromatic heterocycles. The summed E-state index contributed by atoms with van der Waals surface area (Å²) in [5.74, 6) is -8.17. The normalized spacial score (nSPS) is 40.6. The molecule has 20 atom stereocenters. The van der Waals surface area contributed by atoms with Crippen LogP contribution >= 0.6 is 0 Å². The number of anilines is 1. The highest BCUT2D eigenvalue weighted by atomic mass is 16.7.